The monoisotopic (exact) mass is 351 g/mol. The van der Waals surface area contributed by atoms with E-state index in [1.54, 1.807) is 0 Å². The van der Waals surface area contributed by atoms with Gasteiger partial charge in [0, 0.05) is 13.1 Å². The molecule has 1 aliphatic rings. The van der Waals surface area contributed by atoms with Crippen LogP contribution in [0.4, 0.5) is 0 Å². The number of hydrogen-bond acceptors (Lipinski definition) is 3. The minimum absolute atomic E-state index is 0.0794. The smallest absolute Gasteiger partial charge is 0.235 e. The lowest BCUT2D eigenvalue weighted by atomic mass is 9.93. The fourth-order valence-electron chi connectivity index (χ4n) is 3.49. The molecule has 0 bridgehead atoms. The van der Waals surface area contributed by atoms with Gasteiger partial charge in [0.05, 0.1) is 12.6 Å². The number of aryl methyl sites for hydroxylation is 1. The molecule has 0 saturated carbocycles. The Kier molecular flexibility index (Phi) is 5.68. The van der Waals surface area contributed by atoms with Gasteiger partial charge >= 0.3 is 0 Å². The minimum atomic E-state index is -0.438. The second kappa shape index (κ2) is 8.15. The molecule has 2 aromatic carbocycles. The summed E-state index contributed by atoms with van der Waals surface area (Å²) in [4.78, 5) is 26.1. The van der Waals surface area contributed by atoms with Crippen molar-refractivity contribution in [1.29, 1.82) is 0 Å². The predicted molar refractivity (Wildman–Crippen MR) is 101 cm³/mol. The van der Waals surface area contributed by atoms with E-state index >= 15 is 0 Å². The normalized spacial score (nSPS) is 16.7. The van der Waals surface area contributed by atoms with Gasteiger partial charge < -0.3 is 11.1 Å². The summed E-state index contributed by atoms with van der Waals surface area (Å²) in [7, 11) is 0. The average Bonchev–Trinajstić information content (AvgIpc) is 2.62. The molecular formula is C21H25N3O2. The molecule has 2 amide bonds. The number of rotatable bonds is 6. The Morgan fingerprint density at radius 1 is 1.12 bits per heavy atom. The molecule has 26 heavy (non-hydrogen) atoms. The number of carbonyl (C=O) groups excluding carboxylic acids is 2. The molecule has 0 fully saturated rings. The van der Waals surface area contributed by atoms with E-state index in [4.69, 9.17) is 5.73 Å². The molecule has 3 rings (SSSR count). The lowest BCUT2D eigenvalue weighted by Gasteiger charge is -2.34. The highest BCUT2D eigenvalue weighted by Gasteiger charge is 2.30. The topological polar surface area (TPSA) is 75.4 Å². The van der Waals surface area contributed by atoms with Crippen LogP contribution in [0, 0.1) is 6.92 Å². The highest BCUT2D eigenvalue weighted by atomic mass is 16.2. The van der Waals surface area contributed by atoms with Gasteiger partial charge in [-0.1, -0.05) is 48.5 Å². The molecule has 0 radical (unpaired) electrons. The van der Waals surface area contributed by atoms with Crippen LogP contribution in [-0.2, 0) is 29.0 Å². The fourth-order valence-corrected chi connectivity index (χ4v) is 3.49. The van der Waals surface area contributed by atoms with Crippen molar-refractivity contribution in [1.82, 2.24) is 10.2 Å². The van der Waals surface area contributed by atoms with Gasteiger partial charge in [-0.25, -0.2) is 0 Å². The summed E-state index contributed by atoms with van der Waals surface area (Å²) >= 11 is 0. The zero-order chi connectivity index (χ0) is 18.5. The van der Waals surface area contributed by atoms with Crippen LogP contribution >= 0.6 is 0 Å². The van der Waals surface area contributed by atoms with Gasteiger partial charge in [0.15, 0.2) is 0 Å². The molecule has 0 aromatic heterocycles. The van der Waals surface area contributed by atoms with Crippen molar-refractivity contribution in [2.45, 2.75) is 32.4 Å². The maximum absolute atomic E-state index is 12.4. The molecule has 0 saturated heterocycles. The van der Waals surface area contributed by atoms with Gasteiger partial charge in [0.1, 0.15) is 0 Å². The lowest BCUT2D eigenvalue weighted by Crippen LogP contribution is -2.51. The average molecular weight is 351 g/mol. The zero-order valence-corrected chi connectivity index (χ0v) is 15.1. The van der Waals surface area contributed by atoms with Crippen molar-refractivity contribution in [3.05, 3.63) is 70.8 Å². The lowest BCUT2D eigenvalue weighted by molar-refractivity contribution is -0.127. The van der Waals surface area contributed by atoms with Gasteiger partial charge in [-0.3, -0.25) is 14.5 Å². The van der Waals surface area contributed by atoms with Crippen molar-refractivity contribution in [2.75, 3.05) is 13.1 Å². The van der Waals surface area contributed by atoms with Gasteiger partial charge in [0.25, 0.3) is 0 Å². The molecule has 5 heteroatoms. The van der Waals surface area contributed by atoms with E-state index in [2.05, 4.69) is 24.4 Å². The van der Waals surface area contributed by atoms with Crippen LogP contribution < -0.4 is 11.1 Å². The summed E-state index contributed by atoms with van der Waals surface area (Å²) in [5.74, 6) is -0.462. The Hall–Kier alpha value is -2.66. The highest BCUT2D eigenvalue weighted by Crippen LogP contribution is 2.22. The third-order valence-corrected chi connectivity index (χ3v) is 5.00. The van der Waals surface area contributed by atoms with Crippen LogP contribution in [0.15, 0.2) is 48.5 Å². The minimum Gasteiger partial charge on any atom is -0.368 e. The third kappa shape index (κ3) is 4.29. The third-order valence-electron chi connectivity index (χ3n) is 5.00. The first-order valence-corrected chi connectivity index (χ1v) is 8.96. The quantitative estimate of drug-likeness (QED) is 0.829. The van der Waals surface area contributed by atoms with E-state index in [1.807, 2.05) is 41.3 Å². The first kappa shape index (κ1) is 18.1. The number of fused-ring (bicyclic) bond motifs is 1. The van der Waals surface area contributed by atoms with Gasteiger partial charge in [-0.05, 0) is 42.0 Å². The number of hydrogen-bond donors (Lipinski definition) is 2. The first-order chi connectivity index (χ1) is 12.5. The zero-order valence-electron chi connectivity index (χ0n) is 15.1. The number of amides is 2. The molecule has 0 spiro atoms. The SMILES string of the molecule is Cc1ccccc1CCNC(=O)CN1Cc2ccccc2C[C@@H]1C(N)=O. The van der Waals surface area contributed by atoms with Crippen LogP contribution in [-0.4, -0.2) is 35.8 Å². The largest absolute Gasteiger partial charge is 0.368 e. The van der Waals surface area contributed by atoms with E-state index in [9.17, 15) is 9.59 Å². The molecule has 0 aliphatic carbocycles. The molecule has 5 nitrogen and oxygen atoms in total. The standard InChI is InChI=1S/C21H25N3O2/c1-15-6-2-3-7-16(15)10-11-23-20(25)14-24-13-18-9-5-4-8-17(18)12-19(24)21(22)26/h2-9,19H,10-14H2,1H3,(H2,22,26)(H,23,25)/t19-/m1/s1. The van der Waals surface area contributed by atoms with Crippen molar-refractivity contribution in [2.24, 2.45) is 5.73 Å². The van der Waals surface area contributed by atoms with Gasteiger partial charge in [0.2, 0.25) is 11.8 Å². The van der Waals surface area contributed by atoms with E-state index in [0.717, 1.165) is 17.5 Å². The Balaban J connectivity index is 1.57. The fraction of sp³-hybridized carbons (Fsp3) is 0.333. The second-order valence-corrected chi connectivity index (χ2v) is 6.82. The number of nitrogens with one attached hydrogen (secondary N) is 1. The van der Waals surface area contributed by atoms with Crippen molar-refractivity contribution >= 4 is 11.8 Å². The van der Waals surface area contributed by atoms with E-state index in [1.165, 1.54) is 11.1 Å². The number of primary amides is 1. The number of nitrogens with two attached hydrogens (primary N) is 1. The molecule has 2 aromatic rings. The van der Waals surface area contributed by atoms with Crippen molar-refractivity contribution in [3.8, 4) is 0 Å². The molecule has 136 valence electrons. The molecule has 1 atom stereocenters. The van der Waals surface area contributed by atoms with E-state index < -0.39 is 6.04 Å². The molecular weight excluding hydrogens is 326 g/mol. The number of carbonyl (C=O) groups is 2. The van der Waals surface area contributed by atoms with Gasteiger partial charge in [-0.2, -0.15) is 0 Å². The van der Waals surface area contributed by atoms with Crippen LogP contribution in [0.3, 0.4) is 0 Å². The Morgan fingerprint density at radius 3 is 2.54 bits per heavy atom. The molecule has 1 aliphatic heterocycles. The number of nitrogens with zero attached hydrogens (tertiary/aromatic N) is 1. The molecule has 0 unspecified atom stereocenters. The first-order valence-electron chi connectivity index (χ1n) is 8.96. The van der Waals surface area contributed by atoms with Crippen LogP contribution in [0.5, 0.6) is 0 Å². The van der Waals surface area contributed by atoms with Crippen LogP contribution in [0.1, 0.15) is 22.3 Å². The van der Waals surface area contributed by atoms with Crippen molar-refractivity contribution in [3.63, 3.8) is 0 Å². The highest BCUT2D eigenvalue weighted by molar-refractivity contribution is 5.83. The molecule has 1 heterocycles. The van der Waals surface area contributed by atoms with Crippen LogP contribution in [0.25, 0.3) is 0 Å². The van der Waals surface area contributed by atoms with E-state index in [-0.39, 0.29) is 18.4 Å². The maximum Gasteiger partial charge on any atom is 0.235 e. The Morgan fingerprint density at radius 2 is 1.81 bits per heavy atom. The summed E-state index contributed by atoms with van der Waals surface area (Å²) in [5.41, 5.74) is 10.3. The van der Waals surface area contributed by atoms with E-state index in [0.29, 0.717) is 19.5 Å². The summed E-state index contributed by atoms with van der Waals surface area (Å²) < 4.78 is 0. The van der Waals surface area contributed by atoms with Crippen LogP contribution in [0.2, 0.25) is 0 Å². The summed E-state index contributed by atoms with van der Waals surface area (Å²) in [6.07, 6.45) is 1.35. The van der Waals surface area contributed by atoms with Crippen molar-refractivity contribution < 1.29 is 9.59 Å². The second-order valence-electron chi connectivity index (χ2n) is 6.82. The maximum atomic E-state index is 12.4. The summed E-state index contributed by atoms with van der Waals surface area (Å²) in [5, 5.41) is 2.96. The Bertz CT molecular complexity index is 803. The Labute approximate surface area is 154 Å². The summed E-state index contributed by atoms with van der Waals surface area (Å²) in [6.45, 7) is 3.39. The number of benzene rings is 2. The van der Waals surface area contributed by atoms with Gasteiger partial charge in [-0.15, -0.1) is 0 Å². The molecule has 3 N–H and O–H groups in total. The summed E-state index contributed by atoms with van der Waals surface area (Å²) in [6, 6.07) is 15.7. The predicted octanol–water partition coefficient (Wildman–Crippen LogP) is 1.57.